The molecule has 2 aliphatic rings. The molecular formula is C23H27N3O4. The highest BCUT2D eigenvalue weighted by molar-refractivity contribution is 6.03. The maximum atomic E-state index is 12.9. The number of alkyl carbamates (subject to hydrolysis) is 1. The van der Waals surface area contributed by atoms with E-state index in [2.05, 4.69) is 16.0 Å². The third-order valence-corrected chi connectivity index (χ3v) is 5.53. The molecule has 1 unspecified atom stereocenters. The Morgan fingerprint density at radius 2 is 1.87 bits per heavy atom. The Hall–Kier alpha value is -3.09. The Bertz CT molecular complexity index is 1020. The lowest BCUT2D eigenvalue weighted by molar-refractivity contribution is -0.128. The van der Waals surface area contributed by atoms with Crippen LogP contribution in [0, 0.1) is 0 Å². The molecule has 30 heavy (non-hydrogen) atoms. The highest BCUT2D eigenvalue weighted by atomic mass is 16.6. The normalized spacial score (nSPS) is 19.8. The first kappa shape index (κ1) is 20.2. The van der Waals surface area contributed by atoms with Crippen LogP contribution < -0.4 is 16.0 Å². The number of rotatable bonds is 3. The van der Waals surface area contributed by atoms with Gasteiger partial charge in [0.1, 0.15) is 17.2 Å². The van der Waals surface area contributed by atoms with Crippen molar-refractivity contribution in [3.8, 4) is 0 Å². The van der Waals surface area contributed by atoms with E-state index < -0.39 is 23.3 Å². The van der Waals surface area contributed by atoms with Crippen LogP contribution in [0.2, 0.25) is 0 Å². The van der Waals surface area contributed by atoms with Gasteiger partial charge in [-0.05, 0) is 68.9 Å². The van der Waals surface area contributed by atoms with E-state index in [9.17, 15) is 14.4 Å². The number of ether oxygens (including phenoxy) is 1. The van der Waals surface area contributed by atoms with Gasteiger partial charge in [0, 0.05) is 5.69 Å². The smallest absolute Gasteiger partial charge is 0.408 e. The van der Waals surface area contributed by atoms with Gasteiger partial charge in [0.25, 0.3) is 0 Å². The number of hydrogen-bond acceptors (Lipinski definition) is 4. The Morgan fingerprint density at radius 1 is 1.13 bits per heavy atom. The molecule has 1 aliphatic carbocycles. The molecule has 7 nitrogen and oxygen atoms in total. The van der Waals surface area contributed by atoms with E-state index >= 15 is 0 Å². The molecule has 0 bridgehead atoms. The number of nitrogens with one attached hydrogen (secondary N) is 3. The Labute approximate surface area is 175 Å². The highest BCUT2D eigenvalue weighted by Gasteiger charge is 2.52. The summed E-state index contributed by atoms with van der Waals surface area (Å²) in [6, 6.07) is 11.3. The van der Waals surface area contributed by atoms with Crippen LogP contribution in [-0.2, 0) is 20.7 Å². The summed E-state index contributed by atoms with van der Waals surface area (Å²) in [6.07, 6.45) is 1.57. The molecule has 2 aromatic carbocycles. The number of carbonyl (C=O) groups excluding carboxylic acids is 3. The van der Waals surface area contributed by atoms with Crippen LogP contribution in [-0.4, -0.2) is 35.1 Å². The van der Waals surface area contributed by atoms with E-state index in [4.69, 9.17) is 4.74 Å². The molecule has 1 heterocycles. The number of carbonyl (C=O) groups is 3. The predicted octanol–water partition coefficient (Wildman–Crippen LogP) is 3.27. The second-order valence-electron chi connectivity index (χ2n) is 9.08. The maximum Gasteiger partial charge on any atom is 0.408 e. The molecule has 7 heteroatoms. The Morgan fingerprint density at radius 3 is 2.57 bits per heavy atom. The van der Waals surface area contributed by atoms with Crippen LogP contribution in [0.1, 0.15) is 45.6 Å². The van der Waals surface area contributed by atoms with Gasteiger partial charge in [-0.15, -0.1) is 0 Å². The first-order valence-electron chi connectivity index (χ1n) is 10.3. The number of benzene rings is 2. The van der Waals surface area contributed by atoms with Gasteiger partial charge in [-0.1, -0.05) is 30.3 Å². The first-order valence-corrected chi connectivity index (χ1v) is 10.3. The summed E-state index contributed by atoms with van der Waals surface area (Å²) in [5.74, 6) is -0.588. The Kier molecular flexibility index (Phi) is 4.92. The van der Waals surface area contributed by atoms with E-state index in [1.54, 1.807) is 20.8 Å². The lowest BCUT2D eigenvalue weighted by Gasteiger charge is -2.24. The molecule has 0 radical (unpaired) electrons. The zero-order chi connectivity index (χ0) is 21.5. The maximum absolute atomic E-state index is 12.9. The van der Waals surface area contributed by atoms with E-state index in [1.165, 1.54) is 0 Å². The second-order valence-corrected chi connectivity index (χ2v) is 9.08. The largest absolute Gasteiger partial charge is 0.444 e. The van der Waals surface area contributed by atoms with Crippen molar-refractivity contribution in [3.63, 3.8) is 0 Å². The second kappa shape index (κ2) is 7.31. The summed E-state index contributed by atoms with van der Waals surface area (Å²) in [5, 5.41) is 10.7. The monoisotopic (exact) mass is 409 g/mol. The van der Waals surface area contributed by atoms with Crippen molar-refractivity contribution in [2.45, 2.75) is 63.6 Å². The van der Waals surface area contributed by atoms with E-state index in [1.807, 2.05) is 36.4 Å². The van der Waals surface area contributed by atoms with Gasteiger partial charge in [-0.3, -0.25) is 9.59 Å². The molecule has 1 aliphatic heterocycles. The minimum absolute atomic E-state index is 0.245. The van der Waals surface area contributed by atoms with Crippen molar-refractivity contribution < 1.29 is 19.1 Å². The van der Waals surface area contributed by atoms with Crippen molar-refractivity contribution in [1.29, 1.82) is 0 Å². The van der Waals surface area contributed by atoms with Gasteiger partial charge in [-0.2, -0.15) is 0 Å². The fourth-order valence-corrected chi connectivity index (χ4v) is 3.83. The average Bonchev–Trinajstić information content (AvgIpc) is 3.45. The van der Waals surface area contributed by atoms with Crippen molar-refractivity contribution in [2.24, 2.45) is 0 Å². The number of aryl methyl sites for hydroxylation is 1. The van der Waals surface area contributed by atoms with Crippen LogP contribution in [0.3, 0.4) is 0 Å². The molecule has 3 N–H and O–H groups in total. The molecule has 1 saturated carbocycles. The van der Waals surface area contributed by atoms with Crippen molar-refractivity contribution in [3.05, 3.63) is 42.0 Å². The molecule has 0 aromatic heterocycles. The molecule has 4 rings (SSSR count). The van der Waals surface area contributed by atoms with Crippen molar-refractivity contribution >= 4 is 34.4 Å². The molecule has 1 fully saturated rings. The van der Waals surface area contributed by atoms with E-state index in [-0.39, 0.29) is 11.8 Å². The zero-order valence-electron chi connectivity index (χ0n) is 17.5. The number of amides is 3. The van der Waals surface area contributed by atoms with Gasteiger partial charge >= 0.3 is 6.09 Å². The van der Waals surface area contributed by atoms with Crippen molar-refractivity contribution in [2.75, 3.05) is 5.32 Å². The first-order chi connectivity index (χ1) is 14.2. The lowest BCUT2D eigenvalue weighted by atomic mass is 9.98. The number of anilines is 1. The summed E-state index contributed by atoms with van der Waals surface area (Å²) in [7, 11) is 0. The minimum Gasteiger partial charge on any atom is -0.444 e. The minimum atomic E-state index is -0.992. The SMILES string of the molecule is CC(C)(C)OC(=O)NC1(C(=O)NC2CCc3c(ccc4ccccc34)NC2=O)CC1. The standard InChI is InChI=1S/C23H27N3O4/c1-22(2,3)30-21(29)26-23(12-13-23)20(28)25-18-11-9-16-15-7-5-4-6-14(15)8-10-17(16)24-19(18)27/h4-8,10,18H,9,11-13H2,1-3H3,(H,24,27)(H,25,28)(H,26,29). The Balaban J connectivity index is 1.45. The quantitative estimate of drug-likeness (QED) is 0.725. The molecule has 2 aromatic rings. The van der Waals surface area contributed by atoms with Crippen LogP contribution in [0.15, 0.2) is 36.4 Å². The summed E-state index contributed by atoms with van der Waals surface area (Å²) in [6.45, 7) is 5.30. The number of hydrogen-bond donors (Lipinski definition) is 3. The molecular weight excluding hydrogens is 382 g/mol. The summed E-state index contributed by atoms with van der Waals surface area (Å²) < 4.78 is 5.27. The summed E-state index contributed by atoms with van der Waals surface area (Å²) >= 11 is 0. The van der Waals surface area contributed by atoms with Gasteiger partial charge < -0.3 is 20.7 Å². The molecule has 158 valence electrons. The van der Waals surface area contributed by atoms with Gasteiger partial charge in [0.2, 0.25) is 11.8 Å². The van der Waals surface area contributed by atoms with Gasteiger partial charge in [0.15, 0.2) is 0 Å². The van der Waals surface area contributed by atoms with Crippen LogP contribution in [0.5, 0.6) is 0 Å². The topological polar surface area (TPSA) is 96.5 Å². The third-order valence-electron chi connectivity index (χ3n) is 5.53. The zero-order valence-corrected chi connectivity index (χ0v) is 17.5. The third kappa shape index (κ3) is 4.10. The predicted molar refractivity (Wildman–Crippen MR) is 114 cm³/mol. The molecule has 0 saturated heterocycles. The van der Waals surface area contributed by atoms with Crippen molar-refractivity contribution in [1.82, 2.24) is 10.6 Å². The fraction of sp³-hybridized carbons (Fsp3) is 0.435. The van der Waals surface area contributed by atoms with Gasteiger partial charge in [0.05, 0.1) is 0 Å². The summed E-state index contributed by atoms with van der Waals surface area (Å²) in [4.78, 5) is 37.8. The average molecular weight is 409 g/mol. The van der Waals surface area contributed by atoms with Crippen LogP contribution in [0.25, 0.3) is 10.8 Å². The molecule has 0 spiro atoms. The molecule has 3 amide bonds. The van der Waals surface area contributed by atoms with Crippen LogP contribution in [0.4, 0.5) is 10.5 Å². The summed E-state index contributed by atoms with van der Waals surface area (Å²) in [5.41, 5.74) is 0.218. The van der Waals surface area contributed by atoms with E-state index in [0.717, 1.165) is 22.0 Å². The highest BCUT2D eigenvalue weighted by Crippen LogP contribution is 2.36. The van der Waals surface area contributed by atoms with E-state index in [0.29, 0.717) is 25.7 Å². The fourth-order valence-electron chi connectivity index (χ4n) is 3.83. The van der Waals surface area contributed by atoms with Crippen LogP contribution >= 0.6 is 0 Å². The van der Waals surface area contributed by atoms with Gasteiger partial charge in [-0.25, -0.2) is 4.79 Å². The number of fused-ring (bicyclic) bond motifs is 3. The lowest BCUT2D eigenvalue weighted by Crippen LogP contribution is -2.54. The molecule has 1 atom stereocenters.